The first kappa shape index (κ1) is 14.2. The lowest BCUT2D eigenvalue weighted by molar-refractivity contribution is 0.259. The minimum absolute atomic E-state index is 0.247. The smallest absolute Gasteiger partial charge is 0.0445 e. The molecule has 1 aromatic carbocycles. The highest BCUT2D eigenvalue weighted by Gasteiger charge is 2.15. The monoisotopic (exact) mass is 235 g/mol. The Hall–Kier alpha value is -0.860. The molecule has 1 aromatic rings. The van der Waals surface area contributed by atoms with Crippen LogP contribution in [0.15, 0.2) is 30.3 Å². The van der Waals surface area contributed by atoms with Crippen molar-refractivity contribution in [3.63, 3.8) is 0 Å². The summed E-state index contributed by atoms with van der Waals surface area (Å²) in [6, 6.07) is 11.3. The molecule has 0 bridgehead atoms. The quantitative estimate of drug-likeness (QED) is 0.761. The van der Waals surface area contributed by atoms with Crippen molar-refractivity contribution >= 4 is 0 Å². The van der Waals surface area contributed by atoms with Crippen LogP contribution in [-0.4, -0.2) is 17.8 Å². The van der Waals surface area contributed by atoms with Gasteiger partial charge in [-0.25, -0.2) is 0 Å². The fourth-order valence-electron chi connectivity index (χ4n) is 2.08. The Morgan fingerprint density at radius 1 is 1.12 bits per heavy atom. The van der Waals surface area contributed by atoms with Gasteiger partial charge in [0.15, 0.2) is 0 Å². The van der Waals surface area contributed by atoms with Crippen molar-refractivity contribution in [1.82, 2.24) is 5.32 Å². The van der Waals surface area contributed by atoms with Crippen LogP contribution in [0.25, 0.3) is 0 Å². The average molecular weight is 235 g/mol. The van der Waals surface area contributed by atoms with Gasteiger partial charge in [0.2, 0.25) is 0 Å². The highest BCUT2D eigenvalue weighted by atomic mass is 16.3. The first-order valence-corrected chi connectivity index (χ1v) is 6.55. The van der Waals surface area contributed by atoms with Gasteiger partial charge in [0.1, 0.15) is 0 Å². The highest BCUT2D eigenvalue weighted by Crippen LogP contribution is 2.21. The lowest BCUT2D eigenvalue weighted by Crippen LogP contribution is -2.32. The van der Waals surface area contributed by atoms with Gasteiger partial charge < -0.3 is 10.4 Å². The summed E-state index contributed by atoms with van der Waals surface area (Å²) in [5.74, 6) is 0.661. The van der Waals surface area contributed by atoms with Gasteiger partial charge in [0.25, 0.3) is 0 Å². The number of nitrogens with one attached hydrogen (secondary N) is 1. The third kappa shape index (κ3) is 5.33. The summed E-state index contributed by atoms with van der Waals surface area (Å²) in [6.07, 6.45) is 1.93. The van der Waals surface area contributed by atoms with Crippen molar-refractivity contribution in [2.24, 2.45) is 5.92 Å². The van der Waals surface area contributed by atoms with E-state index in [1.165, 1.54) is 5.56 Å². The molecule has 0 saturated carbocycles. The Labute approximate surface area is 105 Å². The van der Waals surface area contributed by atoms with Gasteiger partial charge in [0.05, 0.1) is 0 Å². The molecular weight excluding hydrogens is 210 g/mol. The predicted octanol–water partition coefficient (Wildman–Crippen LogP) is 3.13. The maximum Gasteiger partial charge on any atom is 0.0445 e. The fraction of sp³-hybridized carbons (Fsp3) is 0.600. The summed E-state index contributed by atoms with van der Waals surface area (Å²) in [4.78, 5) is 0. The largest absolute Gasteiger partial charge is 0.396 e. The lowest BCUT2D eigenvalue weighted by atomic mass is 9.96. The summed E-state index contributed by atoms with van der Waals surface area (Å²) >= 11 is 0. The third-order valence-electron chi connectivity index (χ3n) is 2.96. The molecule has 0 spiro atoms. The molecule has 2 heteroatoms. The molecule has 1 rings (SSSR count). The van der Waals surface area contributed by atoms with Crippen molar-refractivity contribution in [1.29, 1.82) is 0 Å². The van der Waals surface area contributed by atoms with Crippen LogP contribution in [0, 0.1) is 5.92 Å². The van der Waals surface area contributed by atoms with Crippen molar-refractivity contribution < 1.29 is 5.11 Å². The SMILES string of the molecule is CC(C)CC(N[C@H](C)CCO)c1ccccc1. The van der Waals surface area contributed by atoms with Crippen molar-refractivity contribution in [3.05, 3.63) is 35.9 Å². The Morgan fingerprint density at radius 3 is 2.29 bits per heavy atom. The van der Waals surface area contributed by atoms with Crippen molar-refractivity contribution in [2.75, 3.05) is 6.61 Å². The molecule has 17 heavy (non-hydrogen) atoms. The maximum atomic E-state index is 8.96. The summed E-state index contributed by atoms with van der Waals surface area (Å²) in [5, 5.41) is 12.6. The Kier molecular flexibility index (Phi) is 6.23. The minimum Gasteiger partial charge on any atom is -0.396 e. The van der Waals surface area contributed by atoms with E-state index in [9.17, 15) is 0 Å². The number of hydrogen-bond donors (Lipinski definition) is 2. The lowest BCUT2D eigenvalue weighted by Gasteiger charge is -2.25. The standard InChI is InChI=1S/C15H25NO/c1-12(2)11-15(16-13(3)9-10-17)14-7-5-4-6-8-14/h4-8,12-13,15-17H,9-11H2,1-3H3/t13-,15?/m1/s1. The number of aliphatic hydroxyl groups excluding tert-OH is 1. The van der Waals surface area contributed by atoms with E-state index in [-0.39, 0.29) is 6.61 Å². The second-order valence-corrected chi connectivity index (χ2v) is 5.17. The normalized spacial score (nSPS) is 14.9. The number of aliphatic hydroxyl groups is 1. The summed E-state index contributed by atoms with van der Waals surface area (Å²) in [6.45, 7) is 6.87. The van der Waals surface area contributed by atoms with Crippen LogP contribution in [-0.2, 0) is 0 Å². The zero-order chi connectivity index (χ0) is 12.7. The average Bonchev–Trinajstić information content (AvgIpc) is 2.29. The molecule has 0 heterocycles. The molecule has 0 radical (unpaired) electrons. The van der Waals surface area contributed by atoms with Gasteiger partial charge in [-0.05, 0) is 31.2 Å². The van der Waals surface area contributed by atoms with Crippen LogP contribution >= 0.6 is 0 Å². The number of benzene rings is 1. The first-order chi connectivity index (χ1) is 8.13. The topological polar surface area (TPSA) is 32.3 Å². The van der Waals surface area contributed by atoms with Crippen LogP contribution in [0.3, 0.4) is 0 Å². The van der Waals surface area contributed by atoms with Gasteiger partial charge in [0, 0.05) is 18.7 Å². The molecule has 2 N–H and O–H groups in total. The molecule has 0 aliphatic heterocycles. The highest BCUT2D eigenvalue weighted by molar-refractivity contribution is 5.19. The second kappa shape index (κ2) is 7.46. The van der Waals surface area contributed by atoms with Gasteiger partial charge in [-0.15, -0.1) is 0 Å². The van der Waals surface area contributed by atoms with E-state index < -0.39 is 0 Å². The fourth-order valence-corrected chi connectivity index (χ4v) is 2.08. The van der Waals surface area contributed by atoms with E-state index in [1.807, 2.05) is 6.07 Å². The molecular formula is C15H25NO. The molecule has 0 amide bonds. The van der Waals surface area contributed by atoms with E-state index in [0.29, 0.717) is 18.0 Å². The van der Waals surface area contributed by atoms with Crippen LogP contribution in [0.2, 0.25) is 0 Å². The van der Waals surface area contributed by atoms with Gasteiger partial charge in [-0.3, -0.25) is 0 Å². The molecule has 96 valence electrons. The van der Waals surface area contributed by atoms with E-state index >= 15 is 0 Å². The van der Waals surface area contributed by atoms with E-state index in [2.05, 4.69) is 50.4 Å². The zero-order valence-corrected chi connectivity index (χ0v) is 11.2. The van der Waals surface area contributed by atoms with Gasteiger partial charge in [-0.2, -0.15) is 0 Å². The number of rotatable bonds is 7. The van der Waals surface area contributed by atoms with E-state index in [0.717, 1.165) is 12.8 Å². The Bertz CT molecular complexity index is 297. The number of hydrogen-bond acceptors (Lipinski definition) is 2. The zero-order valence-electron chi connectivity index (χ0n) is 11.2. The molecule has 0 aliphatic carbocycles. The van der Waals surface area contributed by atoms with Crippen molar-refractivity contribution in [3.8, 4) is 0 Å². The minimum atomic E-state index is 0.247. The Balaban J connectivity index is 2.67. The molecule has 1 unspecified atom stereocenters. The van der Waals surface area contributed by atoms with Crippen LogP contribution < -0.4 is 5.32 Å². The first-order valence-electron chi connectivity index (χ1n) is 6.55. The van der Waals surface area contributed by atoms with Crippen LogP contribution in [0.5, 0.6) is 0 Å². The Morgan fingerprint density at radius 2 is 1.76 bits per heavy atom. The van der Waals surface area contributed by atoms with Crippen LogP contribution in [0.4, 0.5) is 0 Å². The molecule has 0 fully saturated rings. The molecule has 0 aliphatic rings. The summed E-state index contributed by atoms with van der Waals surface area (Å²) in [7, 11) is 0. The third-order valence-corrected chi connectivity index (χ3v) is 2.96. The van der Waals surface area contributed by atoms with E-state index in [1.54, 1.807) is 0 Å². The predicted molar refractivity (Wildman–Crippen MR) is 72.9 cm³/mol. The van der Waals surface area contributed by atoms with Crippen LogP contribution in [0.1, 0.15) is 45.2 Å². The van der Waals surface area contributed by atoms with Gasteiger partial charge >= 0.3 is 0 Å². The van der Waals surface area contributed by atoms with E-state index in [4.69, 9.17) is 5.11 Å². The summed E-state index contributed by atoms with van der Waals surface area (Å²) in [5.41, 5.74) is 1.34. The maximum absolute atomic E-state index is 8.96. The molecule has 2 atom stereocenters. The molecule has 0 aromatic heterocycles. The van der Waals surface area contributed by atoms with Crippen molar-refractivity contribution in [2.45, 2.75) is 45.7 Å². The summed E-state index contributed by atoms with van der Waals surface area (Å²) < 4.78 is 0. The van der Waals surface area contributed by atoms with Gasteiger partial charge in [-0.1, -0.05) is 44.2 Å². The molecule has 2 nitrogen and oxygen atoms in total. The second-order valence-electron chi connectivity index (χ2n) is 5.17. The molecule has 0 saturated heterocycles.